The first-order chi connectivity index (χ1) is 18.3. The molecule has 0 aliphatic carbocycles. The smallest absolute Gasteiger partial charge is 0.349 e. The molecule has 1 unspecified atom stereocenters. The quantitative estimate of drug-likeness (QED) is 0.335. The Bertz CT molecular complexity index is 1470. The van der Waals surface area contributed by atoms with Gasteiger partial charge in [0, 0.05) is 31.2 Å². The fraction of sp³-hybridized carbons (Fsp3) is 0.444. The van der Waals surface area contributed by atoms with Crippen LogP contribution in [0.2, 0.25) is 0 Å². The van der Waals surface area contributed by atoms with Crippen molar-refractivity contribution >= 4 is 22.6 Å². The largest absolute Gasteiger partial charge is 0.416 e. The Kier molecular flexibility index (Phi) is 6.92. The van der Waals surface area contributed by atoms with Gasteiger partial charge in [-0.1, -0.05) is 32.9 Å². The van der Waals surface area contributed by atoms with Crippen molar-refractivity contribution in [1.29, 1.82) is 5.26 Å². The van der Waals surface area contributed by atoms with Crippen LogP contribution in [0.1, 0.15) is 62.9 Å². The summed E-state index contributed by atoms with van der Waals surface area (Å²) in [7, 11) is 0. The van der Waals surface area contributed by atoms with Gasteiger partial charge in [-0.3, -0.25) is 9.30 Å². The molecule has 0 N–H and O–H groups in total. The van der Waals surface area contributed by atoms with Crippen molar-refractivity contribution in [1.82, 2.24) is 29.5 Å². The van der Waals surface area contributed by atoms with Crippen LogP contribution in [0, 0.1) is 11.3 Å². The van der Waals surface area contributed by atoms with Gasteiger partial charge in [0.25, 0.3) is 5.78 Å². The molecule has 0 radical (unpaired) electrons. The summed E-state index contributed by atoms with van der Waals surface area (Å²) < 4.78 is 41.2. The zero-order chi connectivity index (χ0) is 27.0. The molecule has 0 amide bonds. The van der Waals surface area contributed by atoms with Crippen LogP contribution in [0.4, 0.5) is 19.0 Å². The average Bonchev–Trinajstić information content (AvgIpc) is 3.41. The lowest BCUT2D eigenvalue weighted by molar-refractivity contribution is -0.137. The summed E-state index contributed by atoms with van der Waals surface area (Å²) in [5.74, 6) is 1.13. The second kappa shape index (κ2) is 10.2. The molecule has 0 bridgehead atoms. The highest BCUT2D eigenvalue weighted by atomic mass is 19.4. The van der Waals surface area contributed by atoms with Crippen LogP contribution >= 0.6 is 0 Å². The van der Waals surface area contributed by atoms with Gasteiger partial charge in [-0.2, -0.15) is 23.4 Å². The summed E-state index contributed by atoms with van der Waals surface area (Å²) in [6, 6.07) is 11.4. The van der Waals surface area contributed by atoms with E-state index in [1.807, 2.05) is 6.07 Å². The summed E-state index contributed by atoms with van der Waals surface area (Å²) in [6.07, 6.45) is -0.312. The molecule has 4 aromatic rings. The molecular formula is C27H29F3N8. The van der Waals surface area contributed by atoms with Crippen molar-refractivity contribution in [2.24, 2.45) is 0 Å². The van der Waals surface area contributed by atoms with Gasteiger partial charge >= 0.3 is 6.18 Å². The van der Waals surface area contributed by atoms with E-state index in [4.69, 9.17) is 4.98 Å². The maximum atomic E-state index is 13.2. The number of hydrogen-bond donors (Lipinski definition) is 0. The normalized spacial score (nSPS) is 19.7. The first-order valence-electron chi connectivity index (χ1n) is 12.9. The van der Waals surface area contributed by atoms with Crippen LogP contribution in [-0.2, 0) is 6.18 Å². The summed E-state index contributed by atoms with van der Waals surface area (Å²) in [4.78, 5) is 14.1. The van der Waals surface area contributed by atoms with Crippen LogP contribution < -0.4 is 4.90 Å². The molecule has 1 saturated heterocycles. The van der Waals surface area contributed by atoms with Crippen molar-refractivity contribution < 1.29 is 13.2 Å². The van der Waals surface area contributed by atoms with Crippen molar-refractivity contribution in [3.05, 3.63) is 59.5 Å². The first-order valence-corrected chi connectivity index (χ1v) is 12.9. The Morgan fingerprint density at radius 2 is 1.74 bits per heavy atom. The van der Waals surface area contributed by atoms with Gasteiger partial charge < -0.3 is 4.90 Å². The molecule has 11 heteroatoms. The zero-order valence-electron chi connectivity index (χ0n) is 21.5. The Hall–Kier alpha value is -3.78. The molecule has 3 aromatic heterocycles. The van der Waals surface area contributed by atoms with E-state index in [0.717, 1.165) is 30.3 Å². The van der Waals surface area contributed by atoms with Crippen molar-refractivity contribution in [3.63, 3.8) is 0 Å². The maximum Gasteiger partial charge on any atom is 0.416 e. The van der Waals surface area contributed by atoms with Gasteiger partial charge in [0.05, 0.1) is 11.1 Å². The molecule has 4 heterocycles. The lowest BCUT2D eigenvalue weighted by atomic mass is 9.94. The van der Waals surface area contributed by atoms with Gasteiger partial charge in [-0.25, -0.2) is 4.98 Å². The molecule has 198 valence electrons. The fourth-order valence-corrected chi connectivity index (χ4v) is 5.58. The van der Waals surface area contributed by atoms with Gasteiger partial charge in [0.1, 0.15) is 23.6 Å². The molecule has 1 aromatic carbocycles. The van der Waals surface area contributed by atoms with Crippen LogP contribution in [0.15, 0.2) is 42.7 Å². The number of nitriles is 1. The Morgan fingerprint density at radius 1 is 1.00 bits per heavy atom. The molecule has 1 fully saturated rings. The minimum Gasteiger partial charge on any atom is -0.349 e. The molecule has 3 atom stereocenters. The minimum absolute atomic E-state index is 0.00886. The van der Waals surface area contributed by atoms with E-state index in [0.29, 0.717) is 35.9 Å². The summed E-state index contributed by atoms with van der Waals surface area (Å²) in [5.41, 5.74) is 1.95. The standard InChI is InChI=1S/C27H29F3N8/c1-4-20-15-37(25-24-23(12-11-19(13-31)33-24)38-16-32-35-26(38)34-25)21(5-2)14-36(20)22(6-3)17-7-9-18(10-8-17)27(28,29)30/h7-12,16,20-22H,4-6,14-15H2,1-3H3/t20-,21+,22?/m1/s1. The fourth-order valence-electron chi connectivity index (χ4n) is 5.58. The van der Waals surface area contributed by atoms with Gasteiger partial charge in [-0.05, 0) is 49.1 Å². The highest BCUT2D eigenvalue weighted by Crippen LogP contribution is 2.37. The number of nitrogens with zero attached hydrogens (tertiary/aromatic N) is 8. The number of anilines is 1. The highest BCUT2D eigenvalue weighted by molar-refractivity contribution is 5.88. The van der Waals surface area contributed by atoms with E-state index in [1.54, 1.807) is 28.9 Å². The van der Waals surface area contributed by atoms with Crippen molar-refractivity contribution in [3.8, 4) is 6.07 Å². The first kappa shape index (κ1) is 25.9. The third-order valence-corrected chi connectivity index (χ3v) is 7.56. The number of fused-ring (bicyclic) bond motifs is 3. The van der Waals surface area contributed by atoms with Gasteiger partial charge in [0.15, 0.2) is 5.82 Å². The Labute approximate surface area is 218 Å². The molecule has 38 heavy (non-hydrogen) atoms. The van der Waals surface area contributed by atoms with Gasteiger partial charge in [-0.15, -0.1) is 10.2 Å². The third-order valence-electron chi connectivity index (χ3n) is 7.56. The summed E-state index contributed by atoms with van der Waals surface area (Å²) >= 11 is 0. The number of benzene rings is 1. The topological polar surface area (TPSA) is 86.2 Å². The molecule has 0 spiro atoms. The van der Waals surface area contributed by atoms with Crippen LogP contribution in [-0.4, -0.2) is 54.6 Å². The van der Waals surface area contributed by atoms with E-state index in [1.165, 1.54) is 12.1 Å². The predicted molar refractivity (Wildman–Crippen MR) is 137 cm³/mol. The number of halogens is 3. The van der Waals surface area contributed by atoms with Crippen molar-refractivity contribution in [2.45, 2.75) is 64.3 Å². The summed E-state index contributed by atoms with van der Waals surface area (Å²) in [5, 5.41) is 17.7. The van der Waals surface area contributed by atoms with E-state index < -0.39 is 11.7 Å². The Balaban J connectivity index is 1.53. The number of pyridine rings is 1. The predicted octanol–water partition coefficient (Wildman–Crippen LogP) is 5.39. The van der Waals surface area contributed by atoms with E-state index in [-0.39, 0.29) is 18.1 Å². The van der Waals surface area contributed by atoms with Crippen LogP contribution in [0.25, 0.3) is 16.8 Å². The number of alkyl halides is 3. The zero-order valence-corrected chi connectivity index (χ0v) is 21.5. The SMILES string of the molecule is CCC(c1ccc(C(F)(F)F)cc1)N1C[C@H](CC)N(c2nc3nncn3c3ccc(C#N)nc23)C[C@H]1CC. The summed E-state index contributed by atoms with van der Waals surface area (Å²) in [6.45, 7) is 7.70. The van der Waals surface area contributed by atoms with E-state index >= 15 is 0 Å². The molecule has 1 aliphatic heterocycles. The van der Waals surface area contributed by atoms with Crippen LogP contribution in [0.5, 0.6) is 0 Å². The lowest BCUT2D eigenvalue weighted by Gasteiger charge is -2.49. The number of aromatic nitrogens is 5. The molecule has 0 saturated carbocycles. The van der Waals surface area contributed by atoms with Crippen LogP contribution in [0.3, 0.4) is 0 Å². The van der Waals surface area contributed by atoms with E-state index in [9.17, 15) is 18.4 Å². The average molecular weight is 523 g/mol. The molecule has 5 rings (SSSR count). The van der Waals surface area contributed by atoms with Crippen molar-refractivity contribution in [2.75, 3.05) is 18.0 Å². The second-order valence-electron chi connectivity index (χ2n) is 9.63. The number of rotatable bonds is 6. The third kappa shape index (κ3) is 4.53. The Morgan fingerprint density at radius 3 is 2.37 bits per heavy atom. The monoisotopic (exact) mass is 522 g/mol. The number of piperazine rings is 1. The molecule has 1 aliphatic rings. The molecule has 8 nitrogen and oxygen atoms in total. The second-order valence-corrected chi connectivity index (χ2v) is 9.63. The maximum absolute atomic E-state index is 13.2. The highest BCUT2D eigenvalue weighted by Gasteiger charge is 2.38. The van der Waals surface area contributed by atoms with Gasteiger partial charge in [0.2, 0.25) is 0 Å². The lowest BCUT2D eigenvalue weighted by Crippen LogP contribution is -2.59. The van der Waals surface area contributed by atoms with E-state index in [2.05, 4.69) is 51.8 Å². The number of hydrogen-bond acceptors (Lipinski definition) is 7. The molecular weight excluding hydrogens is 493 g/mol. The minimum atomic E-state index is -4.36.